The number of piperidine rings is 1. The number of hydrogen-bond donors (Lipinski definition) is 2. The smallest absolute Gasteiger partial charge is 0.243 e. The van der Waals surface area contributed by atoms with Crippen LogP contribution in [0.4, 0.5) is 0 Å². The van der Waals surface area contributed by atoms with Crippen LogP contribution in [-0.2, 0) is 21.4 Å². The highest BCUT2D eigenvalue weighted by Gasteiger charge is 2.33. The molecule has 1 aliphatic heterocycles. The lowest BCUT2D eigenvalue weighted by atomic mass is 9.99. The minimum Gasteiger partial charge on any atom is -0.349 e. The summed E-state index contributed by atoms with van der Waals surface area (Å²) < 4.78 is 27.0. The fraction of sp³-hybridized carbons (Fsp3) is 0.412. The number of nitrogens with zero attached hydrogens (tertiary/aromatic N) is 2. The molecule has 3 rings (SSSR count). The second-order valence-electron chi connectivity index (χ2n) is 6.27. The molecular formula is C17H22N4O3S. The molecule has 1 unspecified atom stereocenters. The topological polar surface area (TPSA) is 95.2 Å². The van der Waals surface area contributed by atoms with Crippen molar-refractivity contribution in [1.29, 1.82) is 0 Å². The second-order valence-corrected chi connectivity index (χ2v) is 8.21. The fourth-order valence-corrected chi connectivity index (χ4v) is 4.47. The maximum Gasteiger partial charge on any atom is 0.243 e. The third-order valence-electron chi connectivity index (χ3n) is 4.40. The molecule has 2 aromatic rings. The van der Waals surface area contributed by atoms with Crippen molar-refractivity contribution in [1.82, 2.24) is 19.6 Å². The molecule has 1 saturated heterocycles. The predicted octanol–water partition coefficient (Wildman–Crippen LogP) is 1.44. The van der Waals surface area contributed by atoms with E-state index in [1.165, 1.54) is 4.31 Å². The lowest BCUT2D eigenvalue weighted by molar-refractivity contribution is -0.126. The molecule has 1 aromatic carbocycles. The summed E-state index contributed by atoms with van der Waals surface area (Å²) in [6, 6.07) is 6.80. The molecule has 1 amide bonds. The highest BCUT2D eigenvalue weighted by atomic mass is 32.2. The Morgan fingerprint density at radius 1 is 1.36 bits per heavy atom. The number of rotatable bonds is 5. The molecule has 1 aliphatic rings. The number of H-pyrrole nitrogens is 1. The maximum absolute atomic E-state index is 12.8. The fourth-order valence-electron chi connectivity index (χ4n) is 2.94. The van der Waals surface area contributed by atoms with Gasteiger partial charge in [0.05, 0.1) is 17.4 Å². The molecule has 1 aromatic heterocycles. The van der Waals surface area contributed by atoms with Crippen LogP contribution in [-0.4, -0.2) is 41.7 Å². The van der Waals surface area contributed by atoms with E-state index in [4.69, 9.17) is 0 Å². The van der Waals surface area contributed by atoms with Crippen molar-refractivity contribution in [3.63, 3.8) is 0 Å². The van der Waals surface area contributed by atoms with Crippen molar-refractivity contribution < 1.29 is 13.2 Å². The summed E-state index contributed by atoms with van der Waals surface area (Å²) in [7, 11) is -3.57. The Morgan fingerprint density at radius 2 is 2.12 bits per heavy atom. The van der Waals surface area contributed by atoms with Crippen LogP contribution in [0.2, 0.25) is 0 Å². The first-order valence-corrected chi connectivity index (χ1v) is 9.73. The number of imidazole rings is 1. The maximum atomic E-state index is 12.8. The molecule has 8 heteroatoms. The number of sulfonamides is 1. The average molecular weight is 362 g/mol. The number of amides is 1. The van der Waals surface area contributed by atoms with E-state index in [-0.39, 0.29) is 23.3 Å². The lowest BCUT2D eigenvalue weighted by Gasteiger charge is -2.31. The second kappa shape index (κ2) is 7.37. The number of carbonyl (C=O) groups is 1. The first-order valence-electron chi connectivity index (χ1n) is 8.29. The van der Waals surface area contributed by atoms with Crippen molar-refractivity contribution in [3.8, 4) is 0 Å². The first-order chi connectivity index (χ1) is 12.0. The Hall–Kier alpha value is -2.19. The molecule has 25 heavy (non-hydrogen) atoms. The van der Waals surface area contributed by atoms with Crippen LogP contribution in [0, 0.1) is 12.8 Å². The van der Waals surface area contributed by atoms with Gasteiger partial charge in [0.2, 0.25) is 15.9 Å². The molecule has 0 bridgehead atoms. The van der Waals surface area contributed by atoms with E-state index < -0.39 is 10.0 Å². The minimum absolute atomic E-state index is 0.139. The zero-order chi connectivity index (χ0) is 17.9. The number of carbonyl (C=O) groups excluding carboxylic acids is 1. The molecule has 2 heterocycles. The molecule has 1 fully saturated rings. The van der Waals surface area contributed by atoms with Crippen molar-refractivity contribution in [2.45, 2.75) is 31.2 Å². The number of aryl methyl sites for hydroxylation is 1. The van der Waals surface area contributed by atoms with Gasteiger partial charge in [0.15, 0.2) is 0 Å². The Kier molecular flexibility index (Phi) is 5.19. The van der Waals surface area contributed by atoms with E-state index >= 15 is 0 Å². The van der Waals surface area contributed by atoms with E-state index in [1.54, 1.807) is 36.7 Å². The number of aromatic nitrogens is 2. The zero-order valence-corrected chi connectivity index (χ0v) is 14.9. The van der Waals surface area contributed by atoms with Gasteiger partial charge in [-0.05, 0) is 31.9 Å². The normalized spacial score (nSPS) is 18.8. The summed E-state index contributed by atoms with van der Waals surface area (Å²) in [5.74, 6) is 0.192. The molecule has 2 N–H and O–H groups in total. The van der Waals surface area contributed by atoms with E-state index in [1.807, 2.05) is 6.92 Å². The number of aromatic amines is 1. The monoisotopic (exact) mass is 362 g/mol. The quantitative estimate of drug-likeness (QED) is 0.841. The molecule has 0 spiro atoms. The van der Waals surface area contributed by atoms with E-state index in [2.05, 4.69) is 15.3 Å². The number of nitrogens with one attached hydrogen (secondary N) is 2. The summed E-state index contributed by atoms with van der Waals surface area (Å²) in [5, 5.41) is 2.82. The molecule has 0 saturated carbocycles. The predicted molar refractivity (Wildman–Crippen MR) is 93.1 cm³/mol. The van der Waals surface area contributed by atoms with Crippen LogP contribution < -0.4 is 5.32 Å². The number of hydrogen-bond acceptors (Lipinski definition) is 4. The largest absolute Gasteiger partial charge is 0.349 e. The standard InChI is InChI=1S/C17H22N4O3S/c1-13-4-6-15(7-5-13)25(23,24)21-10-2-3-14(12-21)17(22)20-11-16-18-8-9-19-16/h4-9,14H,2-3,10-12H2,1H3,(H,18,19)(H,20,22). The van der Waals surface area contributed by atoms with Crippen molar-refractivity contribution in [2.24, 2.45) is 5.92 Å². The number of benzene rings is 1. The summed E-state index contributed by atoms with van der Waals surface area (Å²) in [6.07, 6.45) is 4.67. The highest BCUT2D eigenvalue weighted by molar-refractivity contribution is 7.89. The first kappa shape index (κ1) is 17.6. The van der Waals surface area contributed by atoms with Gasteiger partial charge in [0.25, 0.3) is 0 Å². The Morgan fingerprint density at radius 3 is 2.80 bits per heavy atom. The van der Waals surface area contributed by atoms with Gasteiger partial charge in [-0.2, -0.15) is 4.31 Å². The molecule has 7 nitrogen and oxygen atoms in total. The van der Waals surface area contributed by atoms with Crippen LogP contribution in [0.1, 0.15) is 24.2 Å². The Bertz CT molecular complexity index is 816. The molecular weight excluding hydrogens is 340 g/mol. The van der Waals surface area contributed by atoms with E-state index in [9.17, 15) is 13.2 Å². The van der Waals surface area contributed by atoms with E-state index in [0.717, 1.165) is 5.56 Å². The summed E-state index contributed by atoms with van der Waals surface area (Å²) >= 11 is 0. The summed E-state index contributed by atoms with van der Waals surface area (Å²) in [5.41, 5.74) is 1.01. The van der Waals surface area contributed by atoms with Gasteiger partial charge < -0.3 is 10.3 Å². The Labute approximate surface area is 147 Å². The van der Waals surface area contributed by atoms with Gasteiger partial charge in [-0.3, -0.25) is 4.79 Å². The Balaban J connectivity index is 1.65. The van der Waals surface area contributed by atoms with Gasteiger partial charge >= 0.3 is 0 Å². The van der Waals surface area contributed by atoms with Gasteiger partial charge in [-0.15, -0.1) is 0 Å². The summed E-state index contributed by atoms with van der Waals surface area (Å²) in [6.45, 7) is 2.88. The molecule has 134 valence electrons. The van der Waals surface area contributed by atoms with Gasteiger partial charge in [0.1, 0.15) is 5.82 Å². The van der Waals surface area contributed by atoms with Crippen LogP contribution in [0.5, 0.6) is 0 Å². The third kappa shape index (κ3) is 4.08. The van der Waals surface area contributed by atoms with Crippen LogP contribution in [0.3, 0.4) is 0 Å². The third-order valence-corrected chi connectivity index (χ3v) is 6.28. The van der Waals surface area contributed by atoms with Gasteiger partial charge in [-0.1, -0.05) is 17.7 Å². The molecule has 0 radical (unpaired) electrons. The van der Waals surface area contributed by atoms with Gasteiger partial charge in [0, 0.05) is 25.5 Å². The minimum atomic E-state index is -3.57. The van der Waals surface area contributed by atoms with Crippen LogP contribution in [0.15, 0.2) is 41.6 Å². The highest BCUT2D eigenvalue weighted by Crippen LogP contribution is 2.24. The van der Waals surface area contributed by atoms with Crippen LogP contribution in [0.25, 0.3) is 0 Å². The van der Waals surface area contributed by atoms with Crippen molar-refractivity contribution in [2.75, 3.05) is 13.1 Å². The lowest BCUT2D eigenvalue weighted by Crippen LogP contribution is -2.45. The molecule has 0 aliphatic carbocycles. The van der Waals surface area contributed by atoms with Gasteiger partial charge in [-0.25, -0.2) is 13.4 Å². The average Bonchev–Trinajstić information content (AvgIpc) is 3.14. The summed E-state index contributed by atoms with van der Waals surface area (Å²) in [4.78, 5) is 19.6. The van der Waals surface area contributed by atoms with Crippen molar-refractivity contribution in [3.05, 3.63) is 48.0 Å². The van der Waals surface area contributed by atoms with E-state index in [0.29, 0.717) is 31.8 Å². The van der Waals surface area contributed by atoms with Crippen molar-refractivity contribution >= 4 is 15.9 Å². The zero-order valence-electron chi connectivity index (χ0n) is 14.1. The SMILES string of the molecule is Cc1ccc(S(=O)(=O)N2CCCC(C(=O)NCc3ncc[nH]3)C2)cc1. The van der Waals surface area contributed by atoms with Crippen LogP contribution >= 0.6 is 0 Å². The molecule has 1 atom stereocenters.